The molecule has 0 bridgehead atoms. The molecule has 1 heterocycles. The van der Waals surface area contributed by atoms with E-state index in [0.29, 0.717) is 17.2 Å². The molecular weight excluding hydrogens is 342 g/mol. The molecule has 0 N–H and O–H groups in total. The SMILES string of the molecule is Cc1oc(-c2ccccc2)nc1C(=O)OCC(=O)c1ccc2c(c1)CCC2. The molecule has 1 aliphatic carbocycles. The zero-order chi connectivity index (χ0) is 18.8. The van der Waals surface area contributed by atoms with Crippen molar-refractivity contribution >= 4 is 11.8 Å². The lowest BCUT2D eigenvalue weighted by Gasteiger charge is -2.05. The van der Waals surface area contributed by atoms with Gasteiger partial charge in [0.1, 0.15) is 5.76 Å². The van der Waals surface area contributed by atoms with Crippen LogP contribution in [0.1, 0.15) is 44.2 Å². The molecule has 0 aliphatic heterocycles. The summed E-state index contributed by atoms with van der Waals surface area (Å²) >= 11 is 0. The Morgan fingerprint density at radius 1 is 1.07 bits per heavy atom. The zero-order valence-electron chi connectivity index (χ0n) is 15.0. The van der Waals surface area contributed by atoms with Crippen LogP contribution >= 0.6 is 0 Å². The van der Waals surface area contributed by atoms with Gasteiger partial charge in [-0.15, -0.1) is 0 Å². The summed E-state index contributed by atoms with van der Waals surface area (Å²) in [6, 6.07) is 15.0. The van der Waals surface area contributed by atoms with Gasteiger partial charge in [0.15, 0.2) is 18.1 Å². The van der Waals surface area contributed by atoms with Gasteiger partial charge in [0, 0.05) is 11.1 Å². The molecule has 0 atom stereocenters. The van der Waals surface area contributed by atoms with Crippen molar-refractivity contribution in [1.82, 2.24) is 4.98 Å². The fourth-order valence-electron chi connectivity index (χ4n) is 3.32. The summed E-state index contributed by atoms with van der Waals surface area (Å²) in [6.07, 6.45) is 3.18. The van der Waals surface area contributed by atoms with Crippen LogP contribution in [0.4, 0.5) is 0 Å². The smallest absolute Gasteiger partial charge is 0.361 e. The molecule has 0 saturated carbocycles. The second kappa shape index (κ2) is 7.19. The third kappa shape index (κ3) is 3.53. The molecule has 0 unspecified atom stereocenters. The van der Waals surface area contributed by atoms with Gasteiger partial charge in [0.2, 0.25) is 5.89 Å². The molecule has 5 nitrogen and oxygen atoms in total. The maximum atomic E-state index is 12.4. The molecule has 0 fully saturated rings. The number of hydrogen-bond donors (Lipinski definition) is 0. The first-order valence-electron chi connectivity index (χ1n) is 8.97. The summed E-state index contributed by atoms with van der Waals surface area (Å²) in [5.41, 5.74) is 3.96. The highest BCUT2D eigenvalue weighted by atomic mass is 16.5. The number of aryl methyl sites for hydroxylation is 3. The van der Waals surface area contributed by atoms with Crippen molar-refractivity contribution in [3.8, 4) is 11.5 Å². The van der Waals surface area contributed by atoms with E-state index in [4.69, 9.17) is 9.15 Å². The van der Waals surface area contributed by atoms with Crippen molar-refractivity contribution in [2.24, 2.45) is 0 Å². The maximum Gasteiger partial charge on any atom is 0.361 e. The molecule has 1 aromatic heterocycles. The summed E-state index contributed by atoms with van der Waals surface area (Å²) in [6.45, 7) is 1.34. The van der Waals surface area contributed by atoms with Gasteiger partial charge < -0.3 is 9.15 Å². The van der Waals surface area contributed by atoms with Crippen LogP contribution < -0.4 is 0 Å². The number of oxazole rings is 1. The minimum atomic E-state index is -0.659. The molecule has 0 radical (unpaired) electrons. The molecule has 0 spiro atoms. The molecular formula is C22H19NO4. The average molecular weight is 361 g/mol. The minimum Gasteiger partial charge on any atom is -0.452 e. The third-order valence-electron chi connectivity index (χ3n) is 4.77. The van der Waals surface area contributed by atoms with Crippen LogP contribution in [0, 0.1) is 6.92 Å². The number of rotatable bonds is 5. The lowest BCUT2D eigenvalue weighted by molar-refractivity contribution is 0.0468. The van der Waals surface area contributed by atoms with E-state index in [1.165, 1.54) is 11.1 Å². The molecule has 2 aromatic carbocycles. The Balaban J connectivity index is 1.44. The van der Waals surface area contributed by atoms with Gasteiger partial charge in [-0.2, -0.15) is 0 Å². The fourth-order valence-corrected chi connectivity index (χ4v) is 3.32. The number of esters is 1. The first-order valence-corrected chi connectivity index (χ1v) is 8.97. The van der Waals surface area contributed by atoms with Gasteiger partial charge in [-0.25, -0.2) is 9.78 Å². The highest BCUT2D eigenvalue weighted by Crippen LogP contribution is 2.24. The van der Waals surface area contributed by atoms with E-state index in [1.807, 2.05) is 42.5 Å². The minimum absolute atomic E-state index is 0.0932. The Morgan fingerprint density at radius 3 is 2.67 bits per heavy atom. The normalized spacial score (nSPS) is 12.6. The Kier molecular flexibility index (Phi) is 4.59. The summed E-state index contributed by atoms with van der Waals surface area (Å²) in [5, 5.41) is 0. The predicted octanol–water partition coefficient (Wildman–Crippen LogP) is 4.18. The molecule has 4 rings (SSSR count). The number of ketones is 1. The summed E-state index contributed by atoms with van der Waals surface area (Å²) < 4.78 is 10.7. The fraction of sp³-hybridized carbons (Fsp3) is 0.227. The van der Waals surface area contributed by atoms with Crippen molar-refractivity contribution in [3.05, 3.63) is 76.7 Å². The molecule has 0 amide bonds. The first-order chi connectivity index (χ1) is 13.1. The van der Waals surface area contributed by atoms with Crippen molar-refractivity contribution < 1.29 is 18.7 Å². The van der Waals surface area contributed by atoms with Crippen LogP contribution in [0.3, 0.4) is 0 Å². The van der Waals surface area contributed by atoms with E-state index in [-0.39, 0.29) is 18.1 Å². The van der Waals surface area contributed by atoms with E-state index in [1.54, 1.807) is 13.0 Å². The van der Waals surface area contributed by atoms with Crippen molar-refractivity contribution in [1.29, 1.82) is 0 Å². The van der Waals surface area contributed by atoms with Crippen molar-refractivity contribution in [2.45, 2.75) is 26.2 Å². The van der Waals surface area contributed by atoms with Crippen LogP contribution in [-0.2, 0) is 17.6 Å². The topological polar surface area (TPSA) is 69.4 Å². The van der Waals surface area contributed by atoms with E-state index < -0.39 is 5.97 Å². The maximum absolute atomic E-state index is 12.4. The predicted molar refractivity (Wildman–Crippen MR) is 99.8 cm³/mol. The standard InChI is InChI=1S/C22H19NO4/c1-14-20(23-21(27-14)16-6-3-2-4-7-16)22(25)26-13-19(24)18-11-10-15-8-5-9-17(15)12-18/h2-4,6-7,10-12H,5,8-9,13H2,1H3. The number of Topliss-reactive ketones (excluding diaryl/α,β-unsaturated/α-hetero) is 1. The Hall–Kier alpha value is -3.21. The van der Waals surface area contributed by atoms with E-state index in [9.17, 15) is 9.59 Å². The van der Waals surface area contributed by atoms with Crippen LogP contribution in [0.15, 0.2) is 52.9 Å². The highest BCUT2D eigenvalue weighted by Gasteiger charge is 2.21. The Bertz CT molecular complexity index is 1000. The Morgan fingerprint density at radius 2 is 1.85 bits per heavy atom. The van der Waals surface area contributed by atoms with Gasteiger partial charge in [0.25, 0.3) is 0 Å². The van der Waals surface area contributed by atoms with Crippen LogP contribution in [0.25, 0.3) is 11.5 Å². The van der Waals surface area contributed by atoms with Crippen LogP contribution in [-0.4, -0.2) is 23.3 Å². The van der Waals surface area contributed by atoms with Crippen molar-refractivity contribution in [3.63, 3.8) is 0 Å². The molecule has 5 heteroatoms. The number of nitrogens with zero attached hydrogens (tertiary/aromatic N) is 1. The summed E-state index contributed by atoms with van der Waals surface area (Å²) in [4.78, 5) is 28.9. The second-order valence-corrected chi connectivity index (χ2v) is 6.63. The van der Waals surface area contributed by atoms with E-state index >= 15 is 0 Å². The number of carbonyl (C=O) groups is 2. The van der Waals surface area contributed by atoms with Gasteiger partial charge in [0.05, 0.1) is 0 Å². The van der Waals surface area contributed by atoms with Gasteiger partial charge in [-0.1, -0.05) is 30.3 Å². The first kappa shape index (κ1) is 17.2. The molecule has 1 aliphatic rings. The second-order valence-electron chi connectivity index (χ2n) is 6.63. The quantitative estimate of drug-likeness (QED) is 0.504. The largest absolute Gasteiger partial charge is 0.452 e. The Labute approximate surface area is 157 Å². The lowest BCUT2D eigenvalue weighted by atomic mass is 10.0. The third-order valence-corrected chi connectivity index (χ3v) is 4.77. The molecule has 0 saturated heterocycles. The molecule has 3 aromatic rings. The number of aromatic nitrogens is 1. The number of carbonyl (C=O) groups excluding carboxylic acids is 2. The van der Waals surface area contributed by atoms with Crippen LogP contribution in [0.2, 0.25) is 0 Å². The number of benzene rings is 2. The van der Waals surface area contributed by atoms with E-state index in [2.05, 4.69) is 4.98 Å². The lowest BCUT2D eigenvalue weighted by Crippen LogP contribution is -2.15. The number of hydrogen-bond acceptors (Lipinski definition) is 5. The number of ether oxygens (including phenoxy) is 1. The van der Waals surface area contributed by atoms with E-state index in [0.717, 1.165) is 24.8 Å². The average Bonchev–Trinajstić information content (AvgIpc) is 3.32. The van der Waals surface area contributed by atoms with Crippen molar-refractivity contribution in [2.75, 3.05) is 6.61 Å². The highest BCUT2D eigenvalue weighted by molar-refractivity contribution is 5.99. The molecule has 136 valence electrons. The summed E-state index contributed by atoms with van der Waals surface area (Å²) in [5.74, 6) is -0.163. The van der Waals surface area contributed by atoms with Gasteiger partial charge in [-0.3, -0.25) is 4.79 Å². The summed E-state index contributed by atoms with van der Waals surface area (Å²) in [7, 11) is 0. The molecule has 27 heavy (non-hydrogen) atoms. The monoisotopic (exact) mass is 361 g/mol. The van der Waals surface area contributed by atoms with Gasteiger partial charge in [-0.05, 0) is 55.5 Å². The van der Waals surface area contributed by atoms with Gasteiger partial charge >= 0.3 is 5.97 Å². The van der Waals surface area contributed by atoms with Crippen LogP contribution in [0.5, 0.6) is 0 Å². The number of fused-ring (bicyclic) bond motifs is 1. The zero-order valence-corrected chi connectivity index (χ0v) is 15.0.